The molecule has 1 aliphatic heterocycles. The normalized spacial score (nSPS) is 18.8. The lowest BCUT2D eigenvalue weighted by Gasteiger charge is -2.22. The van der Waals surface area contributed by atoms with Gasteiger partial charge in [0.1, 0.15) is 17.8 Å². The van der Waals surface area contributed by atoms with Crippen molar-refractivity contribution in [3.8, 4) is 5.75 Å². The Bertz CT molecular complexity index is 939. The lowest BCUT2D eigenvalue weighted by atomic mass is 9.91. The number of urea groups is 1. The molecule has 1 fully saturated rings. The van der Waals surface area contributed by atoms with Gasteiger partial charge in [-0.15, -0.1) is 0 Å². The van der Waals surface area contributed by atoms with Crippen molar-refractivity contribution < 1.29 is 19.1 Å². The highest BCUT2D eigenvalue weighted by Crippen LogP contribution is 2.29. The van der Waals surface area contributed by atoms with Crippen LogP contribution in [0.25, 0.3) is 0 Å². The predicted octanol–water partition coefficient (Wildman–Crippen LogP) is 2.72. The van der Waals surface area contributed by atoms with Gasteiger partial charge in [-0.3, -0.25) is 14.5 Å². The number of hydrogen-bond acceptors (Lipinski definition) is 4. The minimum Gasteiger partial charge on any atom is -0.495 e. The van der Waals surface area contributed by atoms with Crippen LogP contribution in [-0.4, -0.2) is 36.4 Å². The number of imide groups is 1. The number of methoxy groups -OCH3 is 1. The number of ether oxygens (including phenoxy) is 1. The molecule has 146 valence electrons. The third kappa shape index (κ3) is 3.55. The first-order valence-corrected chi connectivity index (χ1v) is 8.90. The molecule has 0 unspecified atom stereocenters. The number of hydrogen-bond donors (Lipinski definition) is 2. The van der Waals surface area contributed by atoms with E-state index in [0.717, 1.165) is 16.0 Å². The first-order chi connectivity index (χ1) is 13.2. The average Bonchev–Trinajstić information content (AvgIpc) is 2.86. The molecule has 3 rings (SSSR count). The minimum absolute atomic E-state index is 0.386. The summed E-state index contributed by atoms with van der Waals surface area (Å²) in [5, 5.41) is 5.41. The zero-order valence-corrected chi connectivity index (χ0v) is 16.3. The van der Waals surface area contributed by atoms with E-state index in [4.69, 9.17) is 4.74 Å². The molecule has 2 aromatic carbocycles. The molecule has 1 heterocycles. The van der Waals surface area contributed by atoms with Crippen molar-refractivity contribution in [2.45, 2.75) is 26.3 Å². The van der Waals surface area contributed by atoms with Gasteiger partial charge in [-0.2, -0.15) is 0 Å². The topological polar surface area (TPSA) is 87.7 Å². The zero-order valence-electron chi connectivity index (χ0n) is 16.3. The van der Waals surface area contributed by atoms with Gasteiger partial charge in [0.2, 0.25) is 5.91 Å². The smallest absolute Gasteiger partial charge is 0.325 e. The first-order valence-electron chi connectivity index (χ1n) is 8.90. The summed E-state index contributed by atoms with van der Waals surface area (Å²) in [6.07, 6.45) is 0. The third-order valence-corrected chi connectivity index (χ3v) is 4.83. The van der Waals surface area contributed by atoms with Crippen molar-refractivity contribution in [2.24, 2.45) is 0 Å². The van der Waals surface area contributed by atoms with Gasteiger partial charge in [0.05, 0.1) is 12.8 Å². The summed E-state index contributed by atoms with van der Waals surface area (Å²) < 4.78 is 5.24. The van der Waals surface area contributed by atoms with Gasteiger partial charge in [-0.1, -0.05) is 35.9 Å². The molecule has 0 saturated carbocycles. The van der Waals surface area contributed by atoms with Gasteiger partial charge >= 0.3 is 6.03 Å². The van der Waals surface area contributed by atoms with Crippen LogP contribution in [0.3, 0.4) is 0 Å². The third-order valence-electron chi connectivity index (χ3n) is 4.83. The van der Waals surface area contributed by atoms with Crippen LogP contribution in [0.2, 0.25) is 0 Å². The molecule has 2 aromatic rings. The quantitative estimate of drug-likeness (QED) is 0.780. The summed E-state index contributed by atoms with van der Waals surface area (Å²) >= 11 is 0. The molecule has 0 bridgehead atoms. The van der Waals surface area contributed by atoms with Gasteiger partial charge in [0, 0.05) is 0 Å². The Morgan fingerprint density at radius 3 is 2.39 bits per heavy atom. The number of carbonyl (C=O) groups is 3. The molecule has 1 aliphatic rings. The second-order valence-corrected chi connectivity index (χ2v) is 7.06. The summed E-state index contributed by atoms with van der Waals surface area (Å²) in [4.78, 5) is 38.7. The zero-order chi connectivity index (χ0) is 20.5. The molecule has 28 heavy (non-hydrogen) atoms. The fourth-order valence-electron chi connectivity index (χ4n) is 3.18. The number of nitrogens with zero attached hydrogens (tertiary/aromatic N) is 1. The van der Waals surface area contributed by atoms with Gasteiger partial charge in [-0.05, 0) is 44.0 Å². The molecule has 0 aromatic heterocycles. The van der Waals surface area contributed by atoms with E-state index in [1.807, 2.05) is 32.0 Å². The van der Waals surface area contributed by atoms with Crippen LogP contribution in [0.4, 0.5) is 10.5 Å². The number of aryl methyl sites for hydroxylation is 2. The Balaban J connectivity index is 1.77. The Kier molecular flexibility index (Phi) is 5.09. The van der Waals surface area contributed by atoms with Gasteiger partial charge in [-0.25, -0.2) is 4.79 Å². The van der Waals surface area contributed by atoms with E-state index in [-0.39, 0.29) is 6.54 Å². The molecular formula is C21H23N3O4. The predicted molar refractivity (Wildman–Crippen MR) is 105 cm³/mol. The Morgan fingerprint density at radius 1 is 1.11 bits per heavy atom. The lowest BCUT2D eigenvalue weighted by molar-refractivity contribution is -0.133. The molecule has 0 aliphatic carbocycles. The fraction of sp³-hybridized carbons (Fsp3) is 0.286. The van der Waals surface area contributed by atoms with Crippen molar-refractivity contribution in [1.29, 1.82) is 0 Å². The molecule has 4 amide bonds. The summed E-state index contributed by atoms with van der Waals surface area (Å²) in [5.74, 6) is -0.450. The van der Waals surface area contributed by atoms with Crippen LogP contribution in [-0.2, 0) is 15.1 Å². The summed E-state index contributed by atoms with van der Waals surface area (Å²) in [5.41, 5.74) is 1.94. The van der Waals surface area contributed by atoms with E-state index in [1.54, 1.807) is 31.2 Å². The number of rotatable bonds is 5. The first kappa shape index (κ1) is 19.4. The number of anilines is 1. The second-order valence-electron chi connectivity index (χ2n) is 7.06. The van der Waals surface area contributed by atoms with E-state index in [9.17, 15) is 14.4 Å². The van der Waals surface area contributed by atoms with Crippen LogP contribution in [0, 0.1) is 13.8 Å². The van der Waals surface area contributed by atoms with Crippen LogP contribution in [0.15, 0.2) is 42.5 Å². The highest BCUT2D eigenvalue weighted by Gasteiger charge is 2.49. The van der Waals surface area contributed by atoms with Crippen molar-refractivity contribution in [2.75, 3.05) is 19.0 Å². The average molecular weight is 381 g/mol. The Hall–Kier alpha value is -3.35. The summed E-state index contributed by atoms with van der Waals surface area (Å²) in [7, 11) is 1.50. The van der Waals surface area contributed by atoms with Crippen molar-refractivity contribution in [3.63, 3.8) is 0 Å². The van der Waals surface area contributed by atoms with E-state index >= 15 is 0 Å². The maximum Gasteiger partial charge on any atom is 0.325 e. The van der Waals surface area contributed by atoms with Crippen LogP contribution in [0.5, 0.6) is 5.75 Å². The maximum absolute atomic E-state index is 12.9. The molecule has 7 heteroatoms. The SMILES string of the molecule is COc1ccc(C)cc1NC(=O)CN1C(=O)N[C@](C)(c2ccc(C)cc2)C1=O. The van der Waals surface area contributed by atoms with Gasteiger partial charge < -0.3 is 15.4 Å². The second kappa shape index (κ2) is 7.34. The molecule has 2 N–H and O–H groups in total. The van der Waals surface area contributed by atoms with Crippen LogP contribution in [0.1, 0.15) is 23.6 Å². The van der Waals surface area contributed by atoms with Crippen molar-refractivity contribution in [1.82, 2.24) is 10.2 Å². The monoisotopic (exact) mass is 381 g/mol. The molecule has 7 nitrogen and oxygen atoms in total. The fourth-order valence-corrected chi connectivity index (χ4v) is 3.18. The molecule has 0 radical (unpaired) electrons. The summed E-state index contributed by atoms with van der Waals surface area (Å²) in [6.45, 7) is 5.08. The maximum atomic E-state index is 12.9. The van der Waals surface area contributed by atoms with Gasteiger partial charge in [0.25, 0.3) is 5.91 Å². The van der Waals surface area contributed by atoms with E-state index < -0.39 is 23.4 Å². The number of amides is 4. The lowest BCUT2D eigenvalue weighted by Crippen LogP contribution is -2.42. The highest BCUT2D eigenvalue weighted by molar-refractivity contribution is 6.10. The molecule has 1 saturated heterocycles. The van der Waals surface area contributed by atoms with Gasteiger partial charge in [0.15, 0.2) is 0 Å². The number of carbonyl (C=O) groups excluding carboxylic acids is 3. The Labute approximate surface area is 163 Å². The molecule has 1 atom stereocenters. The molecule has 0 spiro atoms. The van der Waals surface area contributed by atoms with Crippen molar-refractivity contribution in [3.05, 3.63) is 59.2 Å². The standard InChI is InChI=1S/C21H23N3O4/c1-13-5-8-15(9-6-13)21(3)19(26)24(20(27)23-21)12-18(25)22-16-11-14(2)7-10-17(16)28-4/h5-11H,12H2,1-4H3,(H,22,25)(H,23,27)/t21-/m1/s1. The van der Waals surface area contributed by atoms with E-state index in [2.05, 4.69) is 10.6 Å². The molecular weight excluding hydrogens is 358 g/mol. The highest BCUT2D eigenvalue weighted by atomic mass is 16.5. The van der Waals surface area contributed by atoms with Crippen molar-refractivity contribution >= 4 is 23.5 Å². The van der Waals surface area contributed by atoms with Crippen LogP contribution < -0.4 is 15.4 Å². The van der Waals surface area contributed by atoms with Crippen LogP contribution >= 0.6 is 0 Å². The Morgan fingerprint density at radius 2 is 1.75 bits per heavy atom. The minimum atomic E-state index is -1.20. The number of nitrogens with one attached hydrogen (secondary N) is 2. The number of benzene rings is 2. The largest absolute Gasteiger partial charge is 0.495 e. The summed E-state index contributed by atoms with van der Waals surface area (Å²) in [6, 6.07) is 12.1. The van der Waals surface area contributed by atoms with E-state index in [0.29, 0.717) is 17.0 Å². The van der Waals surface area contributed by atoms with E-state index in [1.165, 1.54) is 7.11 Å².